The van der Waals surface area contributed by atoms with Crippen LogP contribution < -0.4 is 0 Å². The van der Waals surface area contributed by atoms with E-state index in [-0.39, 0.29) is 16.6 Å². The van der Waals surface area contributed by atoms with Crippen LogP contribution in [0.3, 0.4) is 0 Å². The number of hydrogen-bond donors (Lipinski definition) is 0. The highest BCUT2D eigenvalue weighted by Gasteiger charge is 2.68. The molecular formula is C24H33ClO4. The summed E-state index contributed by atoms with van der Waals surface area (Å²) in [5, 5.41) is 0. The van der Waals surface area contributed by atoms with Crippen LogP contribution in [0.25, 0.3) is 0 Å². The van der Waals surface area contributed by atoms with Crippen LogP contribution in [0.2, 0.25) is 0 Å². The van der Waals surface area contributed by atoms with Crippen LogP contribution in [0.5, 0.6) is 0 Å². The second-order valence-electron chi connectivity index (χ2n) is 10.4. The minimum atomic E-state index is -0.443. The summed E-state index contributed by atoms with van der Waals surface area (Å²) in [4.78, 5) is 0. The molecule has 5 heteroatoms. The molecule has 6 aliphatic rings. The van der Waals surface area contributed by atoms with Crippen LogP contribution in [-0.4, -0.2) is 38.0 Å². The third kappa shape index (κ3) is 2.47. The first-order valence-electron chi connectivity index (χ1n) is 11.6. The standard InChI is InChI=1S/C24H33ClO4/c1-21-8-9-23(26-12-13-27-23)16-17(21)2-3-18-19(21)4-6-22(10-11-25)20(18)5-7-24(22)28-14-15-29-24/h2,10-11,18-20H,3-9,12-16H2,1H3/t18-,19+,20-,21?,22-/m1/s1. The van der Waals surface area contributed by atoms with Crippen LogP contribution in [0, 0.1) is 28.6 Å². The maximum atomic E-state index is 6.32. The Morgan fingerprint density at radius 3 is 2.41 bits per heavy atom. The second kappa shape index (κ2) is 6.56. The van der Waals surface area contributed by atoms with Crippen molar-refractivity contribution in [3.8, 4) is 0 Å². The van der Waals surface area contributed by atoms with Crippen molar-refractivity contribution in [3.63, 3.8) is 0 Å². The summed E-state index contributed by atoms with van der Waals surface area (Å²) < 4.78 is 24.8. The molecular weight excluding hydrogens is 388 g/mol. The van der Waals surface area contributed by atoms with Crippen molar-refractivity contribution in [1.29, 1.82) is 0 Å². The smallest absolute Gasteiger partial charge is 0.177 e. The van der Waals surface area contributed by atoms with Crippen molar-refractivity contribution < 1.29 is 18.9 Å². The first kappa shape index (κ1) is 19.3. The third-order valence-corrected chi connectivity index (χ3v) is 9.79. The van der Waals surface area contributed by atoms with E-state index in [0.29, 0.717) is 25.0 Å². The fraction of sp³-hybridized carbons (Fsp3) is 0.833. The summed E-state index contributed by atoms with van der Waals surface area (Å²) in [7, 11) is 0. The molecule has 5 atom stereocenters. The van der Waals surface area contributed by atoms with Crippen LogP contribution in [-0.2, 0) is 18.9 Å². The molecule has 29 heavy (non-hydrogen) atoms. The summed E-state index contributed by atoms with van der Waals surface area (Å²) in [5.41, 5.74) is 3.53. The zero-order chi connectivity index (χ0) is 19.7. The van der Waals surface area contributed by atoms with Crippen LogP contribution in [0.1, 0.15) is 58.3 Å². The molecule has 0 aromatic rings. The minimum Gasteiger partial charge on any atom is -0.347 e. The van der Waals surface area contributed by atoms with Gasteiger partial charge in [0, 0.05) is 30.2 Å². The monoisotopic (exact) mass is 420 g/mol. The van der Waals surface area contributed by atoms with E-state index in [4.69, 9.17) is 30.5 Å². The maximum Gasteiger partial charge on any atom is 0.177 e. The molecule has 2 aliphatic heterocycles. The molecule has 0 aromatic heterocycles. The molecule has 2 saturated heterocycles. The predicted octanol–water partition coefficient (Wildman–Crippen LogP) is 5.17. The molecule has 0 aromatic carbocycles. The molecule has 4 nitrogen and oxygen atoms in total. The average Bonchev–Trinajstić information content (AvgIpc) is 3.45. The number of hydrogen-bond acceptors (Lipinski definition) is 4. The van der Waals surface area contributed by atoms with E-state index in [0.717, 1.165) is 51.2 Å². The maximum absolute atomic E-state index is 6.32. The Labute approximate surface area is 178 Å². The van der Waals surface area contributed by atoms with Gasteiger partial charge in [0.05, 0.1) is 26.4 Å². The van der Waals surface area contributed by atoms with Crippen molar-refractivity contribution in [2.75, 3.05) is 26.4 Å². The first-order chi connectivity index (χ1) is 14.1. The summed E-state index contributed by atoms with van der Waals surface area (Å²) in [6.07, 6.45) is 13.6. The van der Waals surface area contributed by atoms with Gasteiger partial charge in [0.1, 0.15) is 0 Å². The van der Waals surface area contributed by atoms with Crippen molar-refractivity contribution in [2.45, 2.75) is 69.9 Å². The largest absolute Gasteiger partial charge is 0.347 e. The minimum absolute atomic E-state index is 0.0678. The van der Waals surface area contributed by atoms with Gasteiger partial charge in [-0.05, 0) is 55.3 Å². The Balaban J connectivity index is 1.35. The quantitative estimate of drug-likeness (QED) is 0.548. The fourth-order valence-electron chi connectivity index (χ4n) is 8.35. The van der Waals surface area contributed by atoms with Crippen molar-refractivity contribution in [2.24, 2.45) is 28.6 Å². The summed E-state index contributed by atoms with van der Waals surface area (Å²) >= 11 is 6.21. The van der Waals surface area contributed by atoms with E-state index < -0.39 is 5.79 Å². The number of rotatable bonds is 1. The molecule has 0 radical (unpaired) electrons. The molecule has 0 bridgehead atoms. The van der Waals surface area contributed by atoms with Crippen molar-refractivity contribution >= 4 is 11.6 Å². The second-order valence-corrected chi connectivity index (χ2v) is 10.7. The molecule has 2 spiro atoms. The first-order valence-corrected chi connectivity index (χ1v) is 12.0. The lowest BCUT2D eigenvalue weighted by Gasteiger charge is -2.59. The van der Waals surface area contributed by atoms with Gasteiger partial charge in [-0.2, -0.15) is 0 Å². The summed E-state index contributed by atoms with van der Waals surface area (Å²) in [6, 6.07) is 0. The molecule has 5 fully saturated rings. The number of fused-ring (bicyclic) bond motifs is 6. The number of halogens is 1. The molecule has 160 valence electrons. The van der Waals surface area contributed by atoms with Gasteiger partial charge in [-0.1, -0.05) is 36.2 Å². The van der Waals surface area contributed by atoms with Crippen molar-refractivity contribution in [3.05, 3.63) is 23.3 Å². The SMILES string of the molecule is CC12CCC3(CC1=CC[C@H]1[C@H]4CCC5(OCCO5)[C@@]4(C=CCl)CC[C@@H]12)OCCO3. The Morgan fingerprint density at radius 2 is 1.66 bits per heavy atom. The molecule has 2 heterocycles. The molecule has 3 saturated carbocycles. The van der Waals surface area contributed by atoms with Gasteiger partial charge in [0.25, 0.3) is 0 Å². The zero-order valence-electron chi connectivity index (χ0n) is 17.5. The topological polar surface area (TPSA) is 36.9 Å². The number of ether oxygens (including phenoxy) is 4. The van der Waals surface area contributed by atoms with Crippen LogP contribution in [0.4, 0.5) is 0 Å². The highest BCUT2D eigenvalue weighted by molar-refractivity contribution is 6.25. The summed E-state index contributed by atoms with van der Waals surface area (Å²) in [6.45, 7) is 5.43. The Kier molecular flexibility index (Phi) is 4.36. The van der Waals surface area contributed by atoms with Gasteiger partial charge in [-0.15, -0.1) is 0 Å². The summed E-state index contributed by atoms with van der Waals surface area (Å²) in [5.74, 6) is 1.21. The fourth-order valence-corrected chi connectivity index (χ4v) is 8.58. The average molecular weight is 421 g/mol. The Bertz CT molecular complexity index is 735. The van der Waals surface area contributed by atoms with E-state index in [9.17, 15) is 0 Å². The van der Waals surface area contributed by atoms with Gasteiger partial charge >= 0.3 is 0 Å². The highest BCUT2D eigenvalue weighted by Crippen LogP contribution is 2.69. The molecule has 0 amide bonds. The van der Waals surface area contributed by atoms with E-state index in [1.165, 1.54) is 19.3 Å². The normalized spacial score (nSPS) is 47.4. The molecule has 4 aliphatic carbocycles. The zero-order valence-corrected chi connectivity index (χ0v) is 18.2. The molecule has 0 N–H and O–H groups in total. The highest BCUT2D eigenvalue weighted by atomic mass is 35.5. The third-order valence-electron chi connectivity index (χ3n) is 9.66. The van der Waals surface area contributed by atoms with Crippen molar-refractivity contribution in [1.82, 2.24) is 0 Å². The lowest BCUT2D eigenvalue weighted by atomic mass is 9.47. The van der Waals surface area contributed by atoms with E-state index in [1.807, 2.05) is 0 Å². The van der Waals surface area contributed by atoms with Gasteiger partial charge in [-0.3, -0.25) is 0 Å². The van der Waals surface area contributed by atoms with Crippen LogP contribution in [0.15, 0.2) is 23.3 Å². The number of allylic oxidation sites excluding steroid dienone is 1. The van der Waals surface area contributed by atoms with Gasteiger partial charge in [-0.25, -0.2) is 0 Å². The van der Waals surface area contributed by atoms with Crippen LogP contribution >= 0.6 is 11.6 Å². The lowest BCUT2D eigenvalue weighted by Crippen LogP contribution is -2.56. The van der Waals surface area contributed by atoms with Gasteiger partial charge in [0.15, 0.2) is 11.6 Å². The predicted molar refractivity (Wildman–Crippen MR) is 110 cm³/mol. The van der Waals surface area contributed by atoms with Gasteiger partial charge in [0.2, 0.25) is 0 Å². The Morgan fingerprint density at radius 1 is 0.931 bits per heavy atom. The molecule has 6 rings (SSSR count). The lowest BCUT2D eigenvalue weighted by molar-refractivity contribution is -0.232. The molecule has 1 unspecified atom stereocenters. The van der Waals surface area contributed by atoms with E-state index >= 15 is 0 Å². The van der Waals surface area contributed by atoms with E-state index in [1.54, 1.807) is 11.1 Å². The van der Waals surface area contributed by atoms with Gasteiger partial charge < -0.3 is 18.9 Å². The van der Waals surface area contributed by atoms with E-state index in [2.05, 4.69) is 19.1 Å². The Hall–Kier alpha value is -0.390.